The van der Waals surface area contributed by atoms with E-state index in [-0.39, 0.29) is 12.0 Å². The van der Waals surface area contributed by atoms with Crippen LogP contribution in [0.2, 0.25) is 0 Å². The summed E-state index contributed by atoms with van der Waals surface area (Å²) in [5, 5.41) is 10.9. The van der Waals surface area contributed by atoms with E-state index in [1.54, 1.807) is 11.3 Å². The molecule has 3 aromatic rings. The van der Waals surface area contributed by atoms with Crippen LogP contribution in [0.15, 0.2) is 51.7 Å². The molecule has 0 radical (unpaired) electrons. The number of nitrogens with one attached hydrogen (secondary N) is 1. The molecule has 1 amide bonds. The highest BCUT2D eigenvalue weighted by atomic mass is 32.1. The van der Waals surface area contributed by atoms with E-state index in [2.05, 4.69) is 44.6 Å². The van der Waals surface area contributed by atoms with Gasteiger partial charge >= 0.3 is 0 Å². The van der Waals surface area contributed by atoms with Gasteiger partial charge in [-0.15, -0.1) is 0 Å². The zero-order valence-electron chi connectivity index (χ0n) is 16.8. The van der Waals surface area contributed by atoms with Gasteiger partial charge in [0.1, 0.15) is 0 Å². The third-order valence-corrected chi connectivity index (χ3v) is 5.71. The third kappa shape index (κ3) is 5.98. The lowest BCUT2D eigenvalue weighted by molar-refractivity contribution is -0.121. The number of hydrogen-bond acceptors (Lipinski definition) is 7. The predicted octanol–water partition coefficient (Wildman–Crippen LogP) is 3.14. The minimum absolute atomic E-state index is 0.00578. The van der Waals surface area contributed by atoms with Crippen molar-refractivity contribution in [3.63, 3.8) is 0 Å². The molecule has 8 heteroatoms. The molecule has 3 heterocycles. The first-order chi connectivity index (χ1) is 14.8. The van der Waals surface area contributed by atoms with Gasteiger partial charge in [0.25, 0.3) is 0 Å². The highest BCUT2D eigenvalue weighted by Gasteiger charge is 2.20. The fourth-order valence-electron chi connectivity index (χ4n) is 3.48. The third-order valence-electron chi connectivity index (χ3n) is 5.02. The van der Waals surface area contributed by atoms with E-state index in [9.17, 15) is 4.79 Å². The van der Waals surface area contributed by atoms with E-state index in [1.165, 1.54) is 5.56 Å². The Balaban J connectivity index is 1.21. The van der Waals surface area contributed by atoms with Crippen molar-refractivity contribution >= 4 is 17.2 Å². The SMILES string of the molecule is O=C(CCc1nc(-c2ccsc2)no1)NC[C@@H]1CN(Cc2ccccc2)CCCO1. The molecule has 1 aliphatic rings. The molecule has 0 bridgehead atoms. The average molecular weight is 427 g/mol. The fraction of sp³-hybridized carbons (Fsp3) is 0.409. The van der Waals surface area contributed by atoms with Gasteiger partial charge < -0.3 is 14.6 Å². The van der Waals surface area contributed by atoms with Crippen molar-refractivity contribution in [1.82, 2.24) is 20.4 Å². The highest BCUT2D eigenvalue weighted by Crippen LogP contribution is 2.19. The van der Waals surface area contributed by atoms with Crippen molar-refractivity contribution < 1.29 is 14.1 Å². The first-order valence-electron chi connectivity index (χ1n) is 10.3. The number of nitrogens with zero attached hydrogens (tertiary/aromatic N) is 3. The van der Waals surface area contributed by atoms with Gasteiger partial charge in [-0.1, -0.05) is 35.5 Å². The lowest BCUT2D eigenvalue weighted by Gasteiger charge is -2.24. The first-order valence-corrected chi connectivity index (χ1v) is 11.2. The molecular weight excluding hydrogens is 400 g/mol. The Bertz CT molecular complexity index is 914. The summed E-state index contributed by atoms with van der Waals surface area (Å²) < 4.78 is 11.2. The summed E-state index contributed by atoms with van der Waals surface area (Å²) in [4.78, 5) is 19.0. The van der Waals surface area contributed by atoms with E-state index in [1.807, 2.05) is 22.9 Å². The minimum atomic E-state index is -0.0345. The van der Waals surface area contributed by atoms with Gasteiger partial charge in [-0.2, -0.15) is 16.3 Å². The van der Waals surface area contributed by atoms with E-state index in [0.29, 0.717) is 31.1 Å². The molecule has 0 spiro atoms. The second-order valence-electron chi connectivity index (χ2n) is 7.39. The number of rotatable bonds is 8. The zero-order chi connectivity index (χ0) is 20.6. The molecule has 1 N–H and O–H groups in total. The molecule has 1 saturated heterocycles. The lowest BCUT2D eigenvalue weighted by Crippen LogP contribution is -2.40. The second kappa shape index (κ2) is 10.5. The van der Waals surface area contributed by atoms with Crippen LogP contribution in [0, 0.1) is 0 Å². The van der Waals surface area contributed by atoms with Crippen LogP contribution in [0.3, 0.4) is 0 Å². The molecule has 1 aliphatic heterocycles. The van der Waals surface area contributed by atoms with E-state index in [4.69, 9.17) is 9.26 Å². The van der Waals surface area contributed by atoms with Crippen LogP contribution in [0.5, 0.6) is 0 Å². The van der Waals surface area contributed by atoms with Gasteiger partial charge in [0.2, 0.25) is 17.6 Å². The molecule has 158 valence electrons. The molecular formula is C22H26N4O3S. The van der Waals surface area contributed by atoms with E-state index in [0.717, 1.165) is 38.2 Å². The molecule has 30 heavy (non-hydrogen) atoms. The summed E-state index contributed by atoms with van der Waals surface area (Å²) in [6, 6.07) is 12.4. The second-order valence-corrected chi connectivity index (χ2v) is 8.17. The van der Waals surface area contributed by atoms with Crippen LogP contribution in [0.1, 0.15) is 24.3 Å². The number of amides is 1. The summed E-state index contributed by atoms with van der Waals surface area (Å²) in [5.41, 5.74) is 2.23. The van der Waals surface area contributed by atoms with Crippen LogP contribution in [-0.2, 0) is 22.5 Å². The molecule has 0 aliphatic carbocycles. The normalized spacial score (nSPS) is 17.5. The maximum Gasteiger partial charge on any atom is 0.227 e. The molecule has 0 saturated carbocycles. The topological polar surface area (TPSA) is 80.5 Å². The van der Waals surface area contributed by atoms with Gasteiger partial charge in [0.15, 0.2) is 0 Å². The van der Waals surface area contributed by atoms with Gasteiger partial charge in [-0.3, -0.25) is 9.69 Å². The molecule has 1 fully saturated rings. The van der Waals surface area contributed by atoms with Crippen LogP contribution in [-0.4, -0.2) is 53.3 Å². The Hall–Kier alpha value is -2.55. The Labute approximate surface area is 180 Å². The summed E-state index contributed by atoms with van der Waals surface area (Å²) >= 11 is 1.58. The van der Waals surface area contributed by atoms with E-state index >= 15 is 0 Å². The highest BCUT2D eigenvalue weighted by molar-refractivity contribution is 7.08. The Morgan fingerprint density at radius 2 is 2.17 bits per heavy atom. The van der Waals surface area contributed by atoms with Gasteiger partial charge in [-0.05, 0) is 23.4 Å². The molecule has 7 nitrogen and oxygen atoms in total. The number of ether oxygens (including phenoxy) is 1. The van der Waals surface area contributed by atoms with Crippen LogP contribution in [0.4, 0.5) is 0 Å². The first kappa shape index (κ1) is 20.7. The minimum Gasteiger partial charge on any atom is -0.375 e. The Morgan fingerprint density at radius 3 is 3.00 bits per heavy atom. The number of aromatic nitrogens is 2. The summed E-state index contributed by atoms with van der Waals surface area (Å²) in [6.07, 6.45) is 1.73. The van der Waals surface area contributed by atoms with Crippen molar-refractivity contribution in [1.29, 1.82) is 0 Å². The van der Waals surface area contributed by atoms with Crippen LogP contribution in [0.25, 0.3) is 11.4 Å². The monoisotopic (exact) mass is 426 g/mol. The quantitative estimate of drug-likeness (QED) is 0.596. The maximum atomic E-state index is 12.3. The van der Waals surface area contributed by atoms with Gasteiger partial charge in [-0.25, -0.2) is 0 Å². The number of thiophene rings is 1. The number of hydrogen-bond donors (Lipinski definition) is 1. The molecule has 1 aromatic carbocycles. The van der Waals surface area contributed by atoms with Crippen molar-refractivity contribution in [2.75, 3.05) is 26.2 Å². The average Bonchev–Trinajstić information content (AvgIpc) is 3.41. The zero-order valence-corrected chi connectivity index (χ0v) is 17.6. The Morgan fingerprint density at radius 1 is 1.27 bits per heavy atom. The number of benzene rings is 1. The Kier molecular flexibility index (Phi) is 7.23. The lowest BCUT2D eigenvalue weighted by atomic mass is 10.2. The maximum absolute atomic E-state index is 12.3. The van der Waals surface area contributed by atoms with Gasteiger partial charge in [0, 0.05) is 56.6 Å². The standard InChI is InChI=1S/C22H26N4O3S/c27-20(7-8-21-24-22(25-29-21)18-9-12-30-16-18)23-13-19-15-26(10-4-11-28-19)14-17-5-2-1-3-6-17/h1-3,5-6,9,12,16,19H,4,7-8,10-11,13-15H2,(H,23,27)/t19-/m1/s1. The van der Waals surface area contributed by atoms with Crippen molar-refractivity contribution in [2.24, 2.45) is 0 Å². The van der Waals surface area contributed by atoms with Crippen LogP contribution < -0.4 is 5.32 Å². The summed E-state index contributed by atoms with van der Waals surface area (Å²) in [5.74, 6) is 1.01. The molecule has 0 unspecified atom stereocenters. The summed E-state index contributed by atoms with van der Waals surface area (Å²) in [7, 11) is 0. The number of carbonyl (C=O) groups excluding carboxylic acids is 1. The fourth-order valence-corrected chi connectivity index (χ4v) is 4.12. The van der Waals surface area contributed by atoms with Crippen molar-refractivity contribution in [2.45, 2.75) is 31.9 Å². The van der Waals surface area contributed by atoms with Gasteiger partial charge in [0.05, 0.1) is 6.10 Å². The largest absolute Gasteiger partial charge is 0.375 e. The molecule has 4 rings (SSSR count). The molecule has 2 aromatic heterocycles. The molecule has 1 atom stereocenters. The van der Waals surface area contributed by atoms with Crippen LogP contribution >= 0.6 is 11.3 Å². The predicted molar refractivity (Wildman–Crippen MR) is 115 cm³/mol. The number of carbonyl (C=O) groups is 1. The van der Waals surface area contributed by atoms with E-state index < -0.39 is 0 Å². The van der Waals surface area contributed by atoms with Crippen molar-refractivity contribution in [3.8, 4) is 11.4 Å². The summed E-state index contributed by atoms with van der Waals surface area (Å²) in [6.45, 7) is 3.94. The smallest absolute Gasteiger partial charge is 0.227 e. The number of aryl methyl sites for hydroxylation is 1. The van der Waals surface area contributed by atoms with Crippen molar-refractivity contribution in [3.05, 3.63) is 58.6 Å².